The zero-order valence-corrected chi connectivity index (χ0v) is 16.3. The zero-order valence-electron chi connectivity index (χ0n) is 15.5. The molecule has 2 N–H and O–H groups in total. The van der Waals surface area contributed by atoms with Gasteiger partial charge in [-0.05, 0) is 49.1 Å². The van der Waals surface area contributed by atoms with E-state index in [1.54, 1.807) is 12.1 Å². The maximum absolute atomic E-state index is 12.8. The Hall–Kier alpha value is -2.34. The van der Waals surface area contributed by atoms with Gasteiger partial charge < -0.3 is 5.32 Å². The second kappa shape index (κ2) is 8.85. The number of hydrogen-bond donors (Lipinski definition) is 2. The van der Waals surface area contributed by atoms with Crippen LogP contribution in [0.25, 0.3) is 0 Å². The topological polar surface area (TPSA) is 75.3 Å². The minimum atomic E-state index is -3.78. The monoisotopic (exact) mass is 374 g/mol. The molecule has 0 aliphatic heterocycles. The van der Waals surface area contributed by atoms with E-state index in [1.165, 1.54) is 12.1 Å². The molecule has 6 heteroatoms. The van der Waals surface area contributed by atoms with Crippen LogP contribution in [0.3, 0.4) is 0 Å². The SMILES string of the molecule is CCCCNC(=O)c1cccc(S(=O)(=O)Nc2c(C)cccc2CC)c1. The lowest BCUT2D eigenvalue weighted by Crippen LogP contribution is -2.24. The Morgan fingerprint density at radius 2 is 1.81 bits per heavy atom. The number of nitrogens with one attached hydrogen (secondary N) is 2. The molecule has 1 amide bonds. The standard InChI is InChI=1S/C20H26N2O3S/c1-4-6-13-21-20(23)17-11-8-12-18(14-17)26(24,25)22-19-15(3)9-7-10-16(19)5-2/h7-12,14,22H,4-6,13H2,1-3H3,(H,21,23). The van der Waals surface area contributed by atoms with Crippen molar-refractivity contribution in [2.45, 2.75) is 44.9 Å². The molecule has 2 aromatic carbocycles. The van der Waals surface area contributed by atoms with Crippen molar-refractivity contribution in [3.8, 4) is 0 Å². The Kier molecular flexibility index (Phi) is 6.80. The number of rotatable bonds is 8. The van der Waals surface area contributed by atoms with Gasteiger partial charge in [-0.1, -0.05) is 44.5 Å². The third-order valence-electron chi connectivity index (χ3n) is 4.20. The second-order valence-corrected chi connectivity index (χ2v) is 7.89. The van der Waals surface area contributed by atoms with Crippen LogP contribution in [-0.4, -0.2) is 20.9 Å². The zero-order chi connectivity index (χ0) is 19.2. The van der Waals surface area contributed by atoms with Crippen molar-refractivity contribution < 1.29 is 13.2 Å². The van der Waals surface area contributed by atoms with E-state index in [9.17, 15) is 13.2 Å². The van der Waals surface area contributed by atoms with Gasteiger partial charge in [0, 0.05) is 12.1 Å². The van der Waals surface area contributed by atoms with Crippen LogP contribution < -0.4 is 10.0 Å². The number of hydrogen-bond acceptors (Lipinski definition) is 3. The first-order valence-corrected chi connectivity index (χ1v) is 10.4. The minimum Gasteiger partial charge on any atom is -0.352 e. The Bertz CT molecular complexity index is 876. The molecule has 0 aromatic heterocycles. The Morgan fingerprint density at radius 1 is 1.08 bits per heavy atom. The van der Waals surface area contributed by atoms with Gasteiger partial charge in [0.05, 0.1) is 10.6 Å². The summed E-state index contributed by atoms with van der Waals surface area (Å²) in [4.78, 5) is 12.3. The maximum Gasteiger partial charge on any atom is 0.261 e. The highest BCUT2D eigenvalue weighted by molar-refractivity contribution is 7.92. The number of benzene rings is 2. The van der Waals surface area contributed by atoms with Gasteiger partial charge in [0.1, 0.15) is 0 Å². The summed E-state index contributed by atoms with van der Waals surface area (Å²) in [7, 11) is -3.78. The summed E-state index contributed by atoms with van der Waals surface area (Å²) in [6, 6.07) is 11.8. The molecule has 0 radical (unpaired) electrons. The largest absolute Gasteiger partial charge is 0.352 e. The van der Waals surface area contributed by atoms with E-state index >= 15 is 0 Å². The van der Waals surface area contributed by atoms with E-state index in [4.69, 9.17) is 0 Å². The summed E-state index contributed by atoms with van der Waals surface area (Å²) < 4.78 is 28.3. The van der Waals surface area contributed by atoms with Crippen LogP contribution in [0.4, 0.5) is 5.69 Å². The molecule has 0 bridgehead atoms. The van der Waals surface area contributed by atoms with Crippen molar-refractivity contribution in [2.24, 2.45) is 0 Å². The van der Waals surface area contributed by atoms with Crippen LogP contribution in [0.15, 0.2) is 47.4 Å². The average molecular weight is 375 g/mol. The lowest BCUT2D eigenvalue weighted by Gasteiger charge is -2.15. The maximum atomic E-state index is 12.8. The smallest absolute Gasteiger partial charge is 0.261 e. The van der Waals surface area contributed by atoms with E-state index in [0.29, 0.717) is 17.8 Å². The van der Waals surface area contributed by atoms with Gasteiger partial charge in [-0.15, -0.1) is 0 Å². The van der Waals surface area contributed by atoms with E-state index in [1.807, 2.05) is 39.0 Å². The quantitative estimate of drug-likeness (QED) is 0.688. The van der Waals surface area contributed by atoms with Crippen LogP contribution in [-0.2, 0) is 16.4 Å². The molecule has 0 saturated carbocycles. The molecule has 0 aliphatic carbocycles. The summed E-state index contributed by atoms with van der Waals surface area (Å²) in [5, 5.41) is 2.80. The Labute approximate surface area is 155 Å². The Morgan fingerprint density at radius 3 is 2.50 bits per heavy atom. The summed E-state index contributed by atoms with van der Waals surface area (Å²) in [6.07, 6.45) is 2.59. The van der Waals surface area contributed by atoms with E-state index in [-0.39, 0.29) is 10.8 Å². The lowest BCUT2D eigenvalue weighted by atomic mass is 10.1. The average Bonchev–Trinajstić information content (AvgIpc) is 2.63. The van der Waals surface area contributed by atoms with Gasteiger partial charge in [0.25, 0.3) is 15.9 Å². The first kappa shape index (κ1) is 20.0. The minimum absolute atomic E-state index is 0.0750. The fourth-order valence-corrected chi connectivity index (χ4v) is 3.87. The number of carbonyl (C=O) groups is 1. The molecule has 0 unspecified atom stereocenters. The molecule has 0 atom stereocenters. The normalized spacial score (nSPS) is 11.2. The highest BCUT2D eigenvalue weighted by Crippen LogP contribution is 2.25. The van der Waals surface area contributed by atoms with E-state index in [0.717, 1.165) is 30.4 Å². The van der Waals surface area contributed by atoms with E-state index < -0.39 is 10.0 Å². The molecule has 0 fully saturated rings. The number of anilines is 1. The molecule has 26 heavy (non-hydrogen) atoms. The van der Waals surface area contributed by atoms with Crippen molar-refractivity contribution in [3.63, 3.8) is 0 Å². The molecule has 2 rings (SSSR count). The Balaban J connectivity index is 2.27. The van der Waals surface area contributed by atoms with Crippen LogP contribution >= 0.6 is 0 Å². The summed E-state index contributed by atoms with van der Waals surface area (Å²) in [6.45, 7) is 6.47. The van der Waals surface area contributed by atoms with Crippen LogP contribution in [0.5, 0.6) is 0 Å². The highest BCUT2D eigenvalue weighted by atomic mass is 32.2. The molecular formula is C20H26N2O3S. The first-order chi connectivity index (χ1) is 12.4. The molecule has 5 nitrogen and oxygen atoms in total. The fraction of sp³-hybridized carbons (Fsp3) is 0.350. The van der Waals surface area contributed by atoms with Gasteiger partial charge in [0.15, 0.2) is 0 Å². The molecule has 0 heterocycles. The summed E-state index contributed by atoms with van der Waals surface area (Å²) >= 11 is 0. The predicted octanol–water partition coefficient (Wildman–Crippen LogP) is 3.89. The first-order valence-electron chi connectivity index (χ1n) is 8.88. The number of sulfonamides is 1. The third kappa shape index (κ3) is 4.85. The van der Waals surface area contributed by atoms with Crippen molar-refractivity contribution in [1.82, 2.24) is 5.32 Å². The van der Waals surface area contributed by atoms with Gasteiger partial charge in [-0.3, -0.25) is 9.52 Å². The summed E-state index contributed by atoms with van der Waals surface area (Å²) in [5.41, 5.74) is 2.74. The number of unbranched alkanes of at least 4 members (excludes halogenated alkanes) is 1. The van der Waals surface area contributed by atoms with E-state index in [2.05, 4.69) is 10.0 Å². The number of amides is 1. The molecule has 0 saturated heterocycles. The number of para-hydroxylation sites is 1. The molecule has 0 aliphatic rings. The van der Waals surface area contributed by atoms with Crippen LogP contribution in [0, 0.1) is 6.92 Å². The van der Waals surface area contributed by atoms with Crippen LogP contribution in [0.2, 0.25) is 0 Å². The van der Waals surface area contributed by atoms with Gasteiger partial charge in [-0.2, -0.15) is 0 Å². The third-order valence-corrected chi connectivity index (χ3v) is 5.55. The van der Waals surface area contributed by atoms with Crippen LogP contribution in [0.1, 0.15) is 48.2 Å². The van der Waals surface area contributed by atoms with Crippen molar-refractivity contribution in [2.75, 3.05) is 11.3 Å². The number of aryl methyl sites for hydroxylation is 2. The molecule has 0 spiro atoms. The summed E-state index contributed by atoms with van der Waals surface area (Å²) in [5.74, 6) is -0.263. The second-order valence-electron chi connectivity index (χ2n) is 6.21. The highest BCUT2D eigenvalue weighted by Gasteiger charge is 2.18. The number of carbonyl (C=O) groups excluding carboxylic acids is 1. The lowest BCUT2D eigenvalue weighted by molar-refractivity contribution is 0.0953. The van der Waals surface area contributed by atoms with Crippen molar-refractivity contribution >= 4 is 21.6 Å². The molecule has 140 valence electrons. The van der Waals surface area contributed by atoms with Crippen molar-refractivity contribution in [1.29, 1.82) is 0 Å². The van der Waals surface area contributed by atoms with Gasteiger partial charge in [-0.25, -0.2) is 8.42 Å². The molecule has 2 aromatic rings. The predicted molar refractivity (Wildman–Crippen MR) is 105 cm³/mol. The van der Waals surface area contributed by atoms with Gasteiger partial charge >= 0.3 is 0 Å². The van der Waals surface area contributed by atoms with Crippen molar-refractivity contribution in [3.05, 3.63) is 59.2 Å². The van der Waals surface area contributed by atoms with Gasteiger partial charge in [0.2, 0.25) is 0 Å². The fourth-order valence-electron chi connectivity index (χ4n) is 2.65. The molecular weight excluding hydrogens is 348 g/mol.